The normalized spacial score (nSPS) is 11.4. The number of methoxy groups -OCH3 is 1. The van der Waals surface area contributed by atoms with Crippen molar-refractivity contribution in [3.8, 4) is 5.75 Å². The van der Waals surface area contributed by atoms with Gasteiger partial charge in [0.15, 0.2) is 5.82 Å². The van der Waals surface area contributed by atoms with Crippen LogP contribution < -0.4 is 10.1 Å². The van der Waals surface area contributed by atoms with Gasteiger partial charge in [0.05, 0.1) is 28.6 Å². The third-order valence-corrected chi connectivity index (χ3v) is 6.66. The highest BCUT2D eigenvalue weighted by Gasteiger charge is 2.15. The molecule has 0 saturated heterocycles. The lowest BCUT2D eigenvalue weighted by atomic mass is 10.1. The Morgan fingerprint density at radius 2 is 2.17 bits per heavy atom. The largest absolute Gasteiger partial charge is 0.497 e. The average molecular weight is 438 g/mol. The van der Waals surface area contributed by atoms with E-state index in [0.717, 1.165) is 42.1 Å². The van der Waals surface area contributed by atoms with Gasteiger partial charge in [0.1, 0.15) is 27.7 Å². The number of nitrogens with one attached hydrogen (secondary N) is 1. The Labute approximate surface area is 178 Å². The van der Waals surface area contributed by atoms with E-state index in [2.05, 4.69) is 26.5 Å². The minimum absolute atomic E-state index is 0.183. The number of thioether (sulfide) groups is 1. The van der Waals surface area contributed by atoms with Crippen LogP contribution in [0.3, 0.4) is 0 Å². The van der Waals surface area contributed by atoms with Crippen molar-refractivity contribution in [2.24, 2.45) is 0 Å². The molecular weight excluding hydrogens is 422 g/mol. The summed E-state index contributed by atoms with van der Waals surface area (Å²) in [5.41, 5.74) is 1.72. The summed E-state index contributed by atoms with van der Waals surface area (Å²) < 4.78 is 11.2. The van der Waals surface area contributed by atoms with E-state index in [1.165, 1.54) is 29.4 Å². The molecule has 5 rings (SSSR count). The van der Waals surface area contributed by atoms with Gasteiger partial charge in [0.2, 0.25) is 5.91 Å². The topological polar surface area (TPSA) is 103 Å². The number of rotatable bonds is 5. The minimum Gasteiger partial charge on any atom is -0.497 e. The predicted octanol–water partition coefficient (Wildman–Crippen LogP) is 4.43. The Balaban J connectivity index is 1.46. The molecule has 0 fully saturated rings. The molecule has 0 aliphatic rings. The lowest BCUT2D eigenvalue weighted by Crippen LogP contribution is -2.14. The number of nitrogens with zero attached hydrogens (tertiary/aromatic N) is 4. The quantitative estimate of drug-likeness (QED) is 0.318. The van der Waals surface area contributed by atoms with Crippen LogP contribution in [0.2, 0.25) is 0 Å². The van der Waals surface area contributed by atoms with Crippen molar-refractivity contribution in [1.29, 1.82) is 0 Å². The van der Waals surface area contributed by atoms with E-state index in [4.69, 9.17) is 14.2 Å². The van der Waals surface area contributed by atoms with Crippen molar-refractivity contribution >= 4 is 66.2 Å². The van der Waals surface area contributed by atoms with Gasteiger partial charge < -0.3 is 14.6 Å². The molecule has 4 aromatic heterocycles. The first-order chi connectivity index (χ1) is 14.6. The van der Waals surface area contributed by atoms with Gasteiger partial charge in [-0.3, -0.25) is 4.79 Å². The summed E-state index contributed by atoms with van der Waals surface area (Å²) in [6, 6.07) is 9.53. The van der Waals surface area contributed by atoms with E-state index in [9.17, 15) is 4.79 Å². The predicted molar refractivity (Wildman–Crippen MR) is 117 cm³/mol. The standard InChI is InChI=1S/C20H15N5O3S2/c1-10-5-15(25-28-10)24-16(26)8-29-20-18-17(21-9-22-20)13-7-11-6-12(27-2)3-4-14(11)23-19(13)30-18/h3-7,9H,8H2,1-2H3,(H,24,25,26). The van der Waals surface area contributed by atoms with Gasteiger partial charge in [-0.15, -0.1) is 11.3 Å². The number of amides is 1. The molecule has 0 aliphatic heterocycles. The summed E-state index contributed by atoms with van der Waals surface area (Å²) in [6.45, 7) is 1.77. The SMILES string of the molecule is COc1ccc2nc3sc4c(SCC(=O)Nc5cc(C)on5)ncnc4c3cc2c1. The molecule has 8 nitrogen and oxygen atoms in total. The van der Waals surface area contributed by atoms with Gasteiger partial charge >= 0.3 is 0 Å². The lowest BCUT2D eigenvalue weighted by Gasteiger charge is -2.02. The zero-order valence-electron chi connectivity index (χ0n) is 16.0. The highest BCUT2D eigenvalue weighted by atomic mass is 32.2. The number of hydrogen-bond acceptors (Lipinski definition) is 9. The maximum atomic E-state index is 12.2. The van der Waals surface area contributed by atoms with Crippen molar-refractivity contribution in [2.45, 2.75) is 11.9 Å². The van der Waals surface area contributed by atoms with E-state index < -0.39 is 0 Å². The first-order valence-corrected chi connectivity index (χ1v) is 10.8. The number of carbonyl (C=O) groups excluding carboxylic acids is 1. The maximum absolute atomic E-state index is 12.2. The number of anilines is 1. The molecule has 0 atom stereocenters. The fraction of sp³-hybridized carbons (Fsp3) is 0.150. The molecule has 0 saturated carbocycles. The summed E-state index contributed by atoms with van der Waals surface area (Å²) in [5.74, 6) is 1.83. The molecule has 150 valence electrons. The first-order valence-electron chi connectivity index (χ1n) is 8.98. The molecule has 0 bridgehead atoms. The lowest BCUT2D eigenvalue weighted by molar-refractivity contribution is -0.113. The van der Waals surface area contributed by atoms with Crippen LogP contribution in [0, 0.1) is 6.92 Å². The van der Waals surface area contributed by atoms with Gasteiger partial charge in [0, 0.05) is 16.8 Å². The summed E-state index contributed by atoms with van der Waals surface area (Å²) in [7, 11) is 1.64. The van der Waals surface area contributed by atoms with E-state index in [0.29, 0.717) is 11.6 Å². The first kappa shape index (κ1) is 18.8. The number of pyridine rings is 1. The maximum Gasteiger partial charge on any atom is 0.236 e. The average Bonchev–Trinajstić information content (AvgIpc) is 3.33. The van der Waals surface area contributed by atoms with E-state index in [-0.39, 0.29) is 11.7 Å². The molecular formula is C20H15N5O3S2. The second kappa shape index (κ2) is 7.54. The fourth-order valence-corrected chi connectivity index (χ4v) is 5.08. The van der Waals surface area contributed by atoms with Crippen LogP contribution >= 0.6 is 23.1 Å². The molecule has 1 amide bonds. The summed E-state index contributed by atoms with van der Waals surface area (Å²) in [4.78, 5) is 26.8. The van der Waals surface area contributed by atoms with Crippen LogP contribution in [-0.4, -0.2) is 38.9 Å². The zero-order chi connectivity index (χ0) is 20.7. The summed E-state index contributed by atoms with van der Waals surface area (Å²) in [5, 5.41) is 9.17. The van der Waals surface area contributed by atoms with Crippen molar-refractivity contribution in [2.75, 3.05) is 18.2 Å². The summed E-state index contributed by atoms with van der Waals surface area (Å²) in [6.07, 6.45) is 1.52. The number of aromatic nitrogens is 4. The molecule has 0 aliphatic carbocycles. The van der Waals surface area contributed by atoms with Crippen molar-refractivity contribution < 1.29 is 14.1 Å². The number of carbonyl (C=O) groups is 1. The van der Waals surface area contributed by atoms with Gasteiger partial charge in [-0.1, -0.05) is 16.9 Å². The minimum atomic E-state index is -0.183. The highest BCUT2D eigenvalue weighted by molar-refractivity contribution is 8.00. The Bertz CT molecular complexity index is 1410. The monoisotopic (exact) mass is 437 g/mol. The van der Waals surface area contributed by atoms with Crippen molar-refractivity contribution in [3.05, 3.63) is 42.4 Å². The van der Waals surface area contributed by atoms with Crippen LogP contribution in [0.1, 0.15) is 5.76 Å². The Morgan fingerprint density at radius 1 is 1.27 bits per heavy atom. The van der Waals surface area contributed by atoms with Crippen LogP contribution in [-0.2, 0) is 4.79 Å². The smallest absolute Gasteiger partial charge is 0.236 e. The Kier molecular flexibility index (Phi) is 4.72. The highest BCUT2D eigenvalue weighted by Crippen LogP contribution is 2.38. The number of benzene rings is 1. The number of aryl methyl sites for hydroxylation is 1. The number of ether oxygens (including phenoxy) is 1. The van der Waals surface area contributed by atoms with Gasteiger partial charge in [0.25, 0.3) is 0 Å². The molecule has 0 unspecified atom stereocenters. The van der Waals surface area contributed by atoms with E-state index in [1.807, 2.05) is 18.2 Å². The number of fused-ring (bicyclic) bond motifs is 4. The third-order valence-electron chi connectivity index (χ3n) is 4.45. The Hall–Kier alpha value is -3.24. The van der Waals surface area contributed by atoms with E-state index in [1.54, 1.807) is 20.1 Å². The summed E-state index contributed by atoms with van der Waals surface area (Å²) >= 11 is 2.88. The van der Waals surface area contributed by atoms with Crippen LogP contribution in [0.25, 0.3) is 31.3 Å². The molecule has 5 aromatic rings. The molecule has 0 radical (unpaired) electrons. The Morgan fingerprint density at radius 3 is 2.97 bits per heavy atom. The molecule has 1 aromatic carbocycles. The molecule has 0 spiro atoms. The fourth-order valence-electron chi connectivity index (χ4n) is 3.09. The van der Waals surface area contributed by atoms with Crippen molar-refractivity contribution in [1.82, 2.24) is 20.1 Å². The number of hydrogen-bond donors (Lipinski definition) is 1. The van der Waals surface area contributed by atoms with Gasteiger partial charge in [-0.25, -0.2) is 15.0 Å². The molecule has 30 heavy (non-hydrogen) atoms. The van der Waals surface area contributed by atoms with Crippen LogP contribution in [0.5, 0.6) is 5.75 Å². The van der Waals surface area contributed by atoms with Gasteiger partial charge in [-0.2, -0.15) is 0 Å². The van der Waals surface area contributed by atoms with Crippen molar-refractivity contribution in [3.63, 3.8) is 0 Å². The number of thiophene rings is 1. The van der Waals surface area contributed by atoms with E-state index >= 15 is 0 Å². The second-order valence-corrected chi connectivity index (χ2v) is 8.48. The van der Waals surface area contributed by atoms with Crippen LogP contribution in [0.4, 0.5) is 5.82 Å². The second-order valence-electron chi connectivity index (χ2n) is 6.52. The van der Waals surface area contributed by atoms with Crippen LogP contribution in [0.15, 0.2) is 46.2 Å². The zero-order valence-corrected chi connectivity index (χ0v) is 17.6. The molecule has 10 heteroatoms. The van der Waals surface area contributed by atoms with Gasteiger partial charge in [-0.05, 0) is 31.2 Å². The molecule has 4 heterocycles. The third kappa shape index (κ3) is 3.44. The molecule has 1 N–H and O–H groups in total.